The molecule has 0 saturated heterocycles. The van der Waals surface area contributed by atoms with Crippen molar-refractivity contribution in [1.29, 1.82) is 0 Å². The molecule has 2 aromatic rings. The van der Waals surface area contributed by atoms with Crippen LogP contribution in [0.4, 0.5) is 5.13 Å². The van der Waals surface area contributed by atoms with E-state index in [0.29, 0.717) is 6.04 Å². The molecule has 2 rings (SSSR count). The Kier molecular flexibility index (Phi) is 4.70. The Hall–Kier alpha value is -1.42. The minimum absolute atomic E-state index is 0.314. The molecule has 0 radical (unpaired) electrons. The van der Waals surface area contributed by atoms with Crippen LogP contribution in [0.5, 0.6) is 0 Å². The fourth-order valence-corrected chi connectivity index (χ4v) is 2.56. The summed E-state index contributed by atoms with van der Waals surface area (Å²) < 4.78 is 4.36. The number of hydrogen-bond donors (Lipinski definition) is 1. The van der Waals surface area contributed by atoms with Crippen LogP contribution in [0.3, 0.4) is 0 Å². The van der Waals surface area contributed by atoms with E-state index >= 15 is 0 Å². The number of anilines is 1. The highest BCUT2D eigenvalue weighted by atomic mass is 32.1. The molecular formula is C14H19N3S. The summed E-state index contributed by atoms with van der Waals surface area (Å²) in [6, 6.07) is 10.8. The van der Waals surface area contributed by atoms with Gasteiger partial charge in [-0.2, -0.15) is 4.37 Å². The van der Waals surface area contributed by atoms with Gasteiger partial charge in [-0.1, -0.05) is 44.2 Å². The first-order valence-corrected chi connectivity index (χ1v) is 7.24. The van der Waals surface area contributed by atoms with Crippen LogP contribution in [-0.4, -0.2) is 9.36 Å². The van der Waals surface area contributed by atoms with Crippen molar-refractivity contribution in [1.82, 2.24) is 9.36 Å². The van der Waals surface area contributed by atoms with E-state index in [2.05, 4.69) is 52.8 Å². The molecule has 0 bridgehead atoms. The summed E-state index contributed by atoms with van der Waals surface area (Å²) >= 11 is 1.46. The van der Waals surface area contributed by atoms with Gasteiger partial charge in [0.25, 0.3) is 0 Å². The van der Waals surface area contributed by atoms with E-state index in [9.17, 15) is 0 Å². The Balaban J connectivity index is 2.06. The molecule has 0 aliphatic heterocycles. The summed E-state index contributed by atoms with van der Waals surface area (Å²) in [5.74, 6) is 0.952. The van der Waals surface area contributed by atoms with Gasteiger partial charge in [0.2, 0.25) is 5.13 Å². The zero-order valence-electron chi connectivity index (χ0n) is 10.9. The maximum Gasteiger partial charge on any atom is 0.203 e. The Morgan fingerprint density at radius 2 is 2.00 bits per heavy atom. The van der Waals surface area contributed by atoms with Gasteiger partial charge in [-0.05, 0) is 18.4 Å². The second kappa shape index (κ2) is 6.50. The number of rotatable bonds is 6. The van der Waals surface area contributed by atoms with E-state index in [4.69, 9.17) is 0 Å². The quantitative estimate of drug-likeness (QED) is 0.852. The molecule has 0 amide bonds. The number of benzene rings is 1. The van der Waals surface area contributed by atoms with Gasteiger partial charge in [-0.15, -0.1) is 0 Å². The van der Waals surface area contributed by atoms with Crippen LogP contribution in [-0.2, 0) is 6.42 Å². The van der Waals surface area contributed by atoms with Crippen molar-refractivity contribution >= 4 is 16.7 Å². The van der Waals surface area contributed by atoms with Crippen molar-refractivity contribution in [3.63, 3.8) is 0 Å². The molecule has 1 aromatic carbocycles. The largest absolute Gasteiger partial charge is 0.353 e. The standard InChI is InChI=1S/C14H19N3S/c1-3-8-13-16-14(18-17-13)15-12(4-2)11-9-6-5-7-10-11/h5-7,9-10,12H,3-4,8H2,1-2H3,(H,15,16,17). The van der Waals surface area contributed by atoms with Crippen LogP contribution in [0.25, 0.3) is 0 Å². The number of aromatic nitrogens is 2. The lowest BCUT2D eigenvalue weighted by atomic mass is 10.1. The average Bonchev–Trinajstić information content (AvgIpc) is 2.85. The van der Waals surface area contributed by atoms with E-state index < -0.39 is 0 Å². The smallest absolute Gasteiger partial charge is 0.203 e. The second-order valence-electron chi connectivity index (χ2n) is 4.28. The van der Waals surface area contributed by atoms with Gasteiger partial charge >= 0.3 is 0 Å². The van der Waals surface area contributed by atoms with Gasteiger partial charge in [-0.3, -0.25) is 0 Å². The van der Waals surface area contributed by atoms with Crippen LogP contribution in [0.2, 0.25) is 0 Å². The van der Waals surface area contributed by atoms with Crippen LogP contribution in [0, 0.1) is 0 Å². The predicted molar refractivity (Wildman–Crippen MR) is 77.0 cm³/mol. The van der Waals surface area contributed by atoms with Crippen molar-refractivity contribution in [3.8, 4) is 0 Å². The van der Waals surface area contributed by atoms with Gasteiger partial charge in [-0.25, -0.2) is 4.98 Å². The molecule has 0 fully saturated rings. The summed E-state index contributed by atoms with van der Waals surface area (Å²) in [4.78, 5) is 4.51. The monoisotopic (exact) mass is 261 g/mol. The molecule has 0 saturated carbocycles. The molecule has 1 N–H and O–H groups in total. The summed E-state index contributed by atoms with van der Waals surface area (Å²) in [5.41, 5.74) is 1.30. The van der Waals surface area contributed by atoms with Crippen molar-refractivity contribution in [2.45, 2.75) is 39.2 Å². The van der Waals surface area contributed by atoms with Gasteiger partial charge < -0.3 is 5.32 Å². The fourth-order valence-electron chi connectivity index (χ4n) is 1.89. The maximum absolute atomic E-state index is 4.51. The van der Waals surface area contributed by atoms with Gasteiger partial charge in [0.05, 0.1) is 6.04 Å². The lowest BCUT2D eigenvalue weighted by Crippen LogP contribution is -2.09. The zero-order valence-corrected chi connectivity index (χ0v) is 11.7. The first-order chi connectivity index (χ1) is 8.83. The fraction of sp³-hybridized carbons (Fsp3) is 0.429. The lowest BCUT2D eigenvalue weighted by molar-refractivity contribution is 0.746. The number of nitrogens with zero attached hydrogens (tertiary/aromatic N) is 2. The highest BCUT2D eigenvalue weighted by molar-refractivity contribution is 7.09. The average molecular weight is 261 g/mol. The SMILES string of the molecule is CCCc1nsc(NC(CC)c2ccccc2)n1. The second-order valence-corrected chi connectivity index (χ2v) is 5.03. The third-order valence-electron chi connectivity index (χ3n) is 2.85. The molecule has 0 aliphatic rings. The van der Waals surface area contributed by atoms with E-state index in [1.165, 1.54) is 17.1 Å². The summed E-state index contributed by atoms with van der Waals surface area (Å²) in [5, 5.41) is 4.39. The van der Waals surface area contributed by atoms with E-state index in [-0.39, 0.29) is 0 Å². The van der Waals surface area contributed by atoms with E-state index in [0.717, 1.165) is 30.2 Å². The Morgan fingerprint density at radius 3 is 2.67 bits per heavy atom. The highest BCUT2D eigenvalue weighted by Gasteiger charge is 2.11. The lowest BCUT2D eigenvalue weighted by Gasteiger charge is -2.16. The molecule has 18 heavy (non-hydrogen) atoms. The molecular weight excluding hydrogens is 242 g/mol. The Bertz CT molecular complexity index is 467. The molecule has 3 nitrogen and oxygen atoms in total. The van der Waals surface area contributed by atoms with Crippen molar-refractivity contribution in [3.05, 3.63) is 41.7 Å². The van der Waals surface area contributed by atoms with E-state index in [1.807, 2.05) is 6.07 Å². The van der Waals surface area contributed by atoms with Crippen LogP contribution in [0.15, 0.2) is 30.3 Å². The maximum atomic E-state index is 4.51. The minimum atomic E-state index is 0.314. The predicted octanol–water partition coefficient (Wildman–Crippen LogP) is 4.05. The number of aryl methyl sites for hydroxylation is 1. The van der Waals surface area contributed by atoms with Gasteiger partial charge in [0.1, 0.15) is 5.82 Å². The van der Waals surface area contributed by atoms with Crippen LogP contribution < -0.4 is 5.32 Å². The molecule has 1 aromatic heterocycles. The normalized spacial score (nSPS) is 12.3. The summed E-state index contributed by atoms with van der Waals surface area (Å²) in [6.45, 7) is 4.33. The molecule has 4 heteroatoms. The highest BCUT2D eigenvalue weighted by Crippen LogP contribution is 2.23. The van der Waals surface area contributed by atoms with Crippen molar-refractivity contribution in [2.24, 2.45) is 0 Å². The van der Waals surface area contributed by atoms with E-state index in [1.54, 1.807) is 0 Å². The summed E-state index contributed by atoms with van der Waals surface area (Å²) in [6.07, 6.45) is 3.08. The van der Waals surface area contributed by atoms with Crippen LogP contribution in [0.1, 0.15) is 44.1 Å². The summed E-state index contributed by atoms with van der Waals surface area (Å²) in [7, 11) is 0. The Labute approximate surface area is 112 Å². The van der Waals surface area contributed by atoms with Crippen LogP contribution >= 0.6 is 11.5 Å². The van der Waals surface area contributed by atoms with Gasteiger partial charge in [0.15, 0.2) is 0 Å². The number of hydrogen-bond acceptors (Lipinski definition) is 4. The first kappa shape index (κ1) is 13.0. The molecule has 1 atom stereocenters. The minimum Gasteiger partial charge on any atom is -0.353 e. The molecule has 96 valence electrons. The third-order valence-corrected chi connectivity index (χ3v) is 3.53. The number of nitrogens with one attached hydrogen (secondary N) is 1. The van der Waals surface area contributed by atoms with Crippen molar-refractivity contribution < 1.29 is 0 Å². The molecule has 0 aliphatic carbocycles. The first-order valence-electron chi connectivity index (χ1n) is 6.47. The third kappa shape index (κ3) is 3.29. The molecule has 1 unspecified atom stereocenters. The zero-order chi connectivity index (χ0) is 12.8. The van der Waals surface area contributed by atoms with Crippen molar-refractivity contribution in [2.75, 3.05) is 5.32 Å². The molecule has 1 heterocycles. The van der Waals surface area contributed by atoms with Gasteiger partial charge in [0, 0.05) is 18.0 Å². The Morgan fingerprint density at radius 1 is 1.22 bits per heavy atom. The topological polar surface area (TPSA) is 37.8 Å². The molecule has 0 spiro atoms.